The second-order valence-electron chi connectivity index (χ2n) is 9.07. The lowest BCUT2D eigenvalue weighted by Gasteiger charge is -2.13. The van der Waals surface area contributed by atoms with Crippen LogP contribution in [0.15, 0.2) is 30.5 Å². The molecule has 2 aliphatic carbocycles. The maximum Gasteiger partial charge on any atom is 0.319 e. The largest absolute Gasteiger partial charge is 0.338 e. The highest BCUT2D eigenvalue weighted by atomic mass is 19.1. The second kappa shape index (κ2) is 8.96. The highest BCUT2D eigenvalue weighted by Crippen LogP contribution is 2.34. The third-order valence-corrected chi connectivity index (χ3v) is 6.22. The van der Waals surface area contributed by atoms with E-state index in [1.807, 2.05) is 0 Å². The van der Waals surface area contributed by atoms with Crippen LogP contribution in [0.1, 0.15) is 42.1 Å². The quantitative estimate of drug-likeness (QED) is 0.400. The molecule has 0 saturated heterocycles. The number of fused-ring (bicyclic) bond motifs is 1. The first kappa shape index (κ1) is 22.2. The van der Waals surface area contributed by atoms with Gasteiger partial charge in [0.1, 0.15) is 17.5 Å². The average Bonchev–Trinajstić information content (AvgIpc) is 3.69. The third kappa shape index (κ3) is 4.98. The maximum absolute atomic E-state index is 14.8. The van der Waals surface area contributed by atoms with Crippen molar-refractivity contribution in [2.75, 3.05) is 17.2 Å². The van der Waals surface area contributed by atoms with Crippen LogP contribution in [0.5, 0.6) is 0 Å². The van der Waals surface area contributed by atoms with Crippen molar-refractivity contribution >= 4 is 34.3 Å². The van der Waals surface area contributed by atoms with Gasteiger partial charge in [-0.05, 0) is 44.2 Å². The molecule has 0 atom stereocenters. The van der Waals surface area contributed by atoms with Crippen molar-refractivity contribution in [3.8, 4) is 11.1 Å². The zero-order valence-electron chi connectivity index (χ0n) is 18.8. The molecule has 9 heteroatoms. The summed E-state index contributed by atoms with van der Waals surface area (Å²) in [5.41, 5.74) is 1.57. The summed E-state index contributed by atoms with van der Waals surface area (Å²) in [5, 5.41) is 8.61. The van der Waals surface area contributed by atoms with Crippen LogP contribution in [0.4, 0.5) is 25.1 Å². The molecule has 2 heterocycles. The number of nitrogens with zero attached hydrogens (tertiary/aromatic N) is 2. The third-order valence-electron chi connectivity index (χ3n) is 6.22. The van der Waals surface area contributed by atoms with Crippen molar-refractivity contribution < 1.29 is 22.6 Å². The minimum absolute atomic E-state index is 0. The number of benzene rings is 1. The lowest BCUT2D eigenvalue weighted by Crippen LogP contribution is -2.30. The number of amides is 3. The minimum Gasteiger partial charge on any atom is -0.338 e. The van der Waals surface area contributed by atoms with Crippen LogP contribution in [0.25, 0.3) is 22.0 Å². The SMILES string of the molecule is Cc1nc2cc(NC(=O)C3CC3)ncc2cc1-c1cc(NC(=O)NCCC2CC2)c(F)cc1F.[HH].[HH].[HH]. The average molecular weight is 472 g/mol. The highest BCUT2D eigenvalue weighted by molar-refractivity contribution is 5.95. The maximum atomic E-state index is 14.8. The van der Waals surface area contributed by atoms with E-state index in [1.54, 1.807) is 25.3 Å². The molecule has 5 rings (SSSR count). The van der Waals surface area contributed by atoms with Gasteiger partial charge in [0.2, 0.25) is 5.91 Å². The number of anilines is 2. The number of aromatic nitrogens is 2. The molecule has 3 N–H and O–H groups in total. The van der Waals surface area contributed by atoms with Gasteiger partial charge in [-0.1, -0.05) is 12.8 Å². The van der Waals surface area contributed by atoms with Gasteiger partial charge < -0.3 is 16.0 Å². The predicted octanol–water partition coefficient (Wildman–Crippen LogP) is 5.89. The first-order chi connectivity index (χ1) is 16.4. The molecule has 0 bridgehead atoms. The van der Waals surface area contributed by atoms with E-state index in [9.17, 15) is 18.4 Å². The second-order valence-corrected chi connectivity index (χ2v) is 9.07. The Morgan fingerprint density at radius 3 is 2.56 bits per heavy atom. The number of urea groups is 1. The van der Waals surface area contributed by atoms with Crippen molar-refractivity contribution in [1.82, 2.24) is 15.3 Å². The Kier molecular flexibility index (Phi) is 5.85. The van der Waals surface area contributed by atoms with Crippen LogP contribution in [0, 0.1) is 30.4 Å². The number of halogens is 2. The van der Waals surface area contributed by atoms with Crippen LogP contribution >= 0.6 is 0 Å². The van der Waals surface area contributed by atoms with Gasteiger partial charge in [0, 0.05) is 57.3 Å². The highest BCUT2D eigenvalue weighted by Gasteiger charge is 2.29. The minimum atomic E-state index is -0.859. The van der Waals surface area contributed by atoms with Gasteiger partial charge in [0.15, 0.2) is 0 Å². The van der Waals surface area contributed by atoms with E-state index in [4.69, 9.17) is 0 Å². The van der Waals surface area contributed by atoms with E-state index in [0.29, 0.717) is 40.4 Å². The van der Waals surface area contributed by atoms with Crippen molar-refractivity contribution in [3.63, 3.8) is 0 Å². The number of hydrogen-bond donors (Lipinski definition) is 3. The number of carbonyl (C=O) groups excluding carboxylic acids is 2. The van der Waals surface area contributed by atoms with Gasteiger partial charge >= 0.3 is 6.03 Å². The van der Waals surface area contributed by atoms with Crippen molar-refractivity contribution in [2.45, 2.75) is 39.0 Å². The lowest BCUT2D eigenvalue weighted by atomic mass is 10.0. The Bertz CT molecular complexity index is 1300. The summed E-state index contributed by atoms with van der Waals surface area (Å²) in [4.78, 5) is 33.0. The van der Waals surface area contributed by atoms with Gasteiger partial charge in [-0.25, -0.2) is 18.6 Å². The van der Waals surface area contributed by atoms with E-state index in [1.165, 1.54) is 18.9 Å². The number of rotatable bonds is 7. The van der Waals surface area contributed by atoms with Gasteiger partial charge in [-0.2, -0.15) is 0 Å². The fraction of sp³-hybridized carbons (Fsp3) is 0.360. The number of aryl methyl sites for hydroxylation is 1. The molecule has 0 aliphatic heterocycles. The number of pyridine rings is 2. The summed E-state index contributed by atoms with van der Waals surface area (Å²) in [6, 6.07) is 4.89. The molecular formula is C25H31F2N5O2. The molecule has 3 amide bonds. The monoisotopic (exact) mass is 471 g/mol. The van der Waals surface area contributed by atoms with Crippen LogP contribution in [0.3, 0.4) is 0 Å². The Hall–Kier alpha value is -3.62. The molecule has 182 valence electrons. The van der Waals surface area contributed by atoms with Crippen molar-refractivity contribution in [1.29, 1.82) is 0 Å². The Balaban J connectivity index is 0.00000160. The molecule has 2 aliphatic rings. The van der Waals surface area contributed by atoms with Crippen LogP contribution < -0.4 is 16.0 Å². The molecule has 0 radical (unpaired) electrons. The van der Waals surface area contributed by atoms with Gasteiger partial charge in [0.05, 0.1) is 11.2 Å². The summed E-state index contributed by atoms with van der Waals surface area (Å²) in [7, 11) is 0. The normalized spacial score (nSPS) is 15.3. The van der Waals surface area contributed by atoms with E-state index >= 15 is 0 Å². The van der Waals surface area contributed by atoms with Gasteiger partial charge in [-0.3, -0.25) is 9.78 Å². The summed E-state index contributed by atoms with van der Waals surface area (Å²) < 4.78 is 29.1. The van der Waals surface area contributed by atoms with E-state index < -0.39 is 17.7 Å². The smallest absolute Gasteiger partial charge is 0.319 e. The molecule has 0 spiro atoms. The first-order valence-corrected chi connectivity index (χ1v) is 11.5. The topological polar surface area (TPSA) is 96.0 Å². The predicted molar refractivity (Wildman–Crippen MR) is 132 cm³/mol. The van der Waals surface area contributed by atoms with E-state index in [0.717, 1.165) is 25.3 Å². The fourth-order valence-electron chi connectivity index (χ4n) is 3.89. The van der Waals surface area contributed by atoms with Crippen LogP contribution in [0.2, 0.25) is 0 Å². The Morgan fingerprint density at radius 2 is 1.82 bits per heavy atom. The lowest BCUT2D eigenvalue weighted by molar-refractivity contribution is -0.117. The summed E-state index contributed by atoms with van der Waals surface area (Å²) in [6.07, 6.45) is 6.60. The number of nitrogens with one attached hydrogen (secondary N) is 3. The Morgan fingerprint density at radius 1 is 1.03 bits per heavy atom. The summed E-state index contributed by atoms with van der Waals surface area (Å²) in [5.74, 6) is -0.538. The number of carbonyl (C=O) groups is 2. The molecule has 1 aromatic carbocycles. The van der Waals surface area contributed by atoms with Gasteiger partial charge in [-0.15, -0.1) is 0 Å². The van der Waals surface area contributed by atoms with Crippen molar-refractivity contribution in [2.24, 2.45) is 11.8 Å². The summed E-state index contributed by atoms with van der Waals surface area (Å²) in [6.45, 7) is 2.23. The fourth-order valence-corrected chi connectivity index (χ4v) is 3.89. The summed E-state index contributed by atoms with van der Waals surface area (Å²) >= 11 is 0. The molecule has 2 fully saturated rings. The molecule has 34 heavy (non-hydrogen) atoms. The van der Waals surface area contributed by atoms with Gasteiger partial charge in [0.25, 0.3) is 0 Å². The molecule has 0 unspecified atom stereocenters. The number of hydrogen-bond acceptors (Lipinski definition) is 4. The molecule has 7 nitrogen and oxygen atoms in total. The first-order valence-electron chi connectivity index (χ1n) is 11.5. The van der Waals surface area contributed by atoms with Crippen LogP contribution in [-0.2, 0) is 4.79 Å². The molecule has 2 aromatic heterocycles. The van der Waals surface area contributed by atoms with E-state index in [-0.39, 0.29) is 27.4 Å². The zero-order chi connectivity index (χ0) is 23.8. The van der Waals surface area contributed by atoms with Crippen LogP contribution in [-0.4, -0.2) is 28.5 Å². The van der Waals surface area contributed by atoms with E-state index in [2.05, 4.69) is 25.9 Å². The molecule has 2 saturated carbocycles. The molecular weight excluding hydrogens is 440 g/mol. The standard InChI is InChI=1S/C25H25F2N5O2.3H2/c1-13-17(8-16-12-29-23(11-21(16)30-13)32-24(33)15-4-5-15)18-9-22(20(27)10-19(18)26)31-25(34)28-7-6-14-2-3-14;;;/h8-12,14-15H,2-7H2,1H3,(H2,28,31,34)(H,29,32,33);3*1H. The zero-order valence-corrected chi connectivity index (χ0v) is 18.8. The molecule has 3 aromatic rings. The van der Waals surface area contributed by atoms with Crippen molar-refractivity contribution in [3.05, 3.63) is 47.8 Å². The Labute approximate surface area is 199 Å².